The molecule has 0 saturated carbocycles. The van der Waals surface area contributed by atoms with Gasteiger partial charge in [0.25, 0.3) is 0 Å². The average molecular weight is 144 g/mol. The van der Waals surface area contributed by atoms with Gasteiger partial charge in [0.05, 0.1) is 0 Å². The van der Waals surface area contributed by atoms with Crippen molar-refractivity contribution in [1.29, 1.82) is 0 Å². The molecule has 3 nitrogen and oxygen atoms in total. The van der Waals surface area contributed by atoms with Crippen LogP contribution in [-0.2, 0) is 0 Å². The summed E-state index contributed by atoms with van der Waals surface area (Å²) in [5, 5.41) is 9.47. The zero-order valence-corrected chi connectivity index (χ0v) is 6.67. The number of hydrogen-bond donors (Lipinski definition) is 2. The molecule has 3 N–H and O–H groups in total. The van der Waals surface area contributed by atoms with Crippen LogP contribution in [-0.4, -0.2) is 41.3 Å². The third-order valence-electron chi connectivity index (χ3n) is 2.11. The van der Waals surface area contributed by atoms with Crippen LogP contribution in [0.25, 0.3) is 0 Å². The van der Waals surface area contributed by atoms with Crippen LogP contribution in [0, 0.1) is 0 Å². The lowest BCUT2D eigenvalue weighted by molar-refractivity contribution is -0.102. The summed E-state index contributed by atoms with van der Waals surface area (Å²) in [5.41, 5.74) is 4.77. The van der Waals surface area contributed by atoms with Crippen molar-refractivity contribution < 1.29 is 5.11 Å². The zero-order chi connectivity index (χ0) is 7.78. The first-order chi connectivity index (χ1) is 4.57. The molecule has 1 fully saturated rings. The van der Waals surface area contributed by atoms with Gasteiger partial charge in [-0.25, -0.2) is 0 Å². The minimum absolute atomic E-state index is 0.385. The largest absolute Gasteiger partial charge is 0.386 e. The van der Waals surface area contributed by atoms with Crippen LogP contribution in [0.3, 0.4) is 0 Å². The van der Waals surface area contributed by atoms with Crippen LogP contribution >= 0.6 is 0 Å². The fourth-order valence-corrected chi connectivity index (χ4v) is 1.20. The van der Waals surface area contributed by atoms with Crippen molar-refractivity contribution >= 4 is 0 Å². The standard InChI is InChI=1S/C7H16N2O/c1-6(2)9-4-7(10,3-8)5-9/h6,10H,3-5,8H2,1-2H3. The highest BCUT2D eigenvalue weighted by Crippen LogP contribution is 2.21. The Morgan fingerprint density at radius 2 is 2.10 bits per heavy atom. The maximum absolute atomic E-state index is 9.47. The van der Waals surface area contributed by atoms with Crippen LogP contribution in [0.5, 0.6) is 0 Å². The lowest BCUT2D eigenvalue weighted by atomic mass is 9.93. The van der Waals surface area contributed by atoms with Gasteiger partial charge in [-0.1, -0.05) is 0 Å². The van der Waals surface area contributed by atoms with Gasteiger partial charge in [0.15, 0.2) is 0 Å². The summed E-state index contributed by atoms with van der Waals surface area (Å²) in [7, 11) is 0. The maximum Gasteiger partial charge on any atom is 0.102 e. The molecular formula is C7H16N2O. The van der Waals surface area contributed by atoms with Crippen molar-refractivity contribution in [3.63, 3.8) is 0 Å². The van der Waals surface area contributed by atoms with Crippen molar-refractivity contribution in [2.45, 2.75) is 25.5 Å². The molecule has 1 aliphatic heterocycles. The molecule has 1 heterocycles. The van der Waals surface area contributed by atoms with E-state index in [2.05, 4.69) is 18.7 Å². The average Bonchev–Trinajstić information content (AvgIpc) is 1.80. The van der Waals surface area contributed by atoms with Gasteiger partial charge >= 0.3 is 0 Å². The molecule has 0 amide bonds. The zero-order valence-electron chi connectivity index (χ0n) is 6.67. The first kappa shape index (κ1) is 7.98. The Bertz CT molecular complexity index is 119. The summed E-state index contributed by atoms with van der Waals surface area (Å²) >= 11 is 0. The monoisotopic (exact) mass is 144 g/mol. The van der Waals surface area contributed by atoms with Crippen molar-refractivity contribution in [1.82, 2.24) is 4.90 Å². The Labute approximate surface area is 61.8 Å². The van der Waals surface area contributed by atoms with Crippen LogP contribution in [0.4, 0.5) is 0 Å². The van der Waals surface area contributed by atoms with Gasteiger partial charge in [-0.05, 0) is 13.8 Å². The van der Waals surface area contributed by atoms with E-state index in [-0.39, 0.29) is 0 Å². The maximum atomic E-state index is 9.47. The molecule has 1 aliphatic rings. The third kappa shape index (κ3) is 1.31. The Balaban J connectivity index is 2.29. The fraction of sp³-hybridized carbons (Fsp3) is 1.00. The molecule has 0 aliphatic carbocycles. The normalized spacial score (nSPS) is 24.9. The highest BCUT2D eigenvalue weighted by Gasteiger charge is 2.40. The van der Waals surface area contributed by atoms with Gasteiger partial charge in [-0.3, -0.25) is 4.90 Å². The van der Waals surface area contributed by atoms with E-state index in [1.807, 2.05) is 0 Å². The summed E-state index contributed by atoms with van der Waals surface area (Å²) in [6, 6.07) is 0.534. The molecule has 3 heteroatoms. The van der Waals surface area contributed by atoms with E-state index >= 15 is 0 Å². The number of aliphatic hydroxyl groups is 1. The predicted molar refractivity (Wildman–Crippen MR) is 40.7 cm³/mol. The summed E-state index contributed by atoms with van der Waals surface area (Å²) in [6.07, 6.45) is 0. The third-order valence-corrected chi connectivity index (χ3v) is 2.11. The molecule has 1 rings (SSSR count). The molecule has 0 spiro atoms. The van der Waals surface area contributed by atoms with Crippen LogP contribution < -0.4 is 5.73 Å². The highest BCUT2D eigenvalue weighted by atomic mass is 16.3. The van der Waals surface area contributed by atoms with Gasteiger partial charge in [-0.2, -0.15) is 0 Å². The molecule has 0 bridgehead atoms. The second-order valence-corrected chi connectivity index (χ2v) is 3.43. The molecule has 60 valence electrons. The topological polar surface area (TPSA) is 49.5 Å². The molecule has 10 heavy (non-hydrogen) atoms. The Kier molecular flexibility index (Phi) is 1.99. The van der Waals surface area contributed by atoms with Crippen molar-refractivity contribution in [3.8, 4) is 0 Å². The molecular weight excluding hydrogens is 128 g/mol. The van der Waals surface area contributed by atoms with E-state index in [1.54, 1.807) is 0 Å². The number of β-amino-alcohol motifs (C(OH)–C–C–N with tert-alkyl or cyclic N) is 1. The number of hydrogen-bond acceptors (Lipinski definition) is 3. The van der Waals surface area contributed by atoms with Gasteiger partial charge in [0.1, 0.15) is 5.60 Å². The quantitative estimate of drug-likeness (QED) is 0.544. The molecule has 0 aromatic rings. The van der Waals surface area contributed by atoms with Gasteiger partial charge in [-0.15, -0.1) is 0 Å². The first-order valence-electron chi connectivity index (χ1n) is 3.74. The van der Waals surface area contributed by atoms with E-state index in [9.17, 15) is 5.11 Å². The Morgan fingerprint density at radius 1 is 1.60 bits per heavy atom. The molecule has 0 atom stereocenters. The Hall–Kier alpha value is -0.120. The predicted octanol–water partition coefficient (Wildman–Crippen LogP) is -0.600. The highest BCUT2D eigenvalue weighted by molar-refractivity contribution is 4.97. The van der Waals surface area contributed by atoms with Gasteiger partial charge in [0.2, 0.25) is 0 Å². The van der Waals surface area contributed by atoms with Crippen molar-refractivity contribution in [2.75, 3.05) is 19.6 Å². The second kappa shape index (κ2) is 2.49. The number of likely N-dealkylation sites (tertiary alicyclic amines) is 1. The van der Waals surface area contributed by atoms with E-state index in [0.717, 1.165) is 13.1 Å². The van der Waals surface area contributed by atoms with E-state index in [1.165, 1.54) is 0 Å². The lowest BCUT2D eigenvalue weighted by Gasteiger charge is -2.48. The Morgan fingerprint density at radius 3 is 2.40 bits per heavy atom. The fourth-order valence-electron chi connectivity index (χ4n) is 1.20. The van der Waals surface area contributed by atoms with E-state index < -0.39 is 5.60 Å². The lowest BCUT2D eigenvalue weighted by Crippen LogP contribution is -2.66. The number of nitrogens with two attached hydrogens (primary N) is 1. The van der Waals surface area contributed by atoms with Crippen molar-refractivity contribution in [3.05, 3.63) is 0 Å². The minimum atomic E-state index is -0.579. The van der Waals surface area contributed by atoms with E-state index in [4.69, 9.17) is 5.73 Å². The summed E-state index contributed by atoms with van der Waals surface area (Å²) in [4.78, 5) is 2.20. The smallest absolute Gasteiger partial charge is 0.102 e. The summed E-state index contributed by atoms with van der Waals surface area (Å²) in [5.74, 6) is 0. The van der Waals surface area contributed by atoms with E-state index in [0.29, 0.717) is 12.6 Å². The molecule has 1 saturated heterocycles. The molecule has 0 radical (unpaired) electrons. The van der Waals surface area contributed by atoms with Crippen LogP contribution in [0.2, 0.25) is 0 Å². The number of nitrogens with zero attached hydrogens (tertiary/aromatic N) is 1. The SMILES string of the molecule is CC(C)N1CC(O)(CN)C1. The van der Waals surface area contributed by atoms with Crippen molar-refractivity contribution in [2.24, 2.45) is 5.73 Å². The second-order valence-electron chi connectivity index (χ2n) is 3.43. The number of rotatable bonds is 2. The van der Waals surface area contributed by atoms with Crippen LogP contribution in [0.1, 0.15) is 13.8 Å². The molecule has 0 aromatic heterocycles. The summed E-state index contributed by atoms with van der Waals surface area (Å²) < 4.78 is 0. The molecule has 0 unspecified atom stereocenters. The minimum Gasteiger partial charge on any atom is -0.386 e. The van der Waals surface area contributed by atoms with Gasteiger partial charge in [0, 0.05) is 25.7 Å². The first-order valence-corrected chi connectivity index (χ1v) is 3.74. The molecule has 0 aromatic carbocycles. The van der Waals surface area contributed by atoms with Gasteiger partial charge < -0.3 is 10.8 Å². The van der Waals surface area contributed by atoms with Crippen LogP contribution in [0.15, 0.2) is 0 Å². The summed E-state index contributed by atoms with van der Waals surface area (Å²) in [6.45, 7) is 6.10.